The van der Waals surface area contributed by atoms with Crippen molar-refractivity contribution in [1.29, 1.82) is 0 Å². The molecule has 0 spiro atoms. The lowest BCUT2D eigenvalue weighted by atomic mass is 10.0. The van der Waals surface area contributed by atoms with Crippen LogP contribution in [0.3, 0.4) is 0 Å². The number of aliphatic hydroxyl groups is 1. The molecule has 2 N–H and O–H groups in total. The van der Waals surface area contributed by atoms with Crippen molar-refractivity contribution < 1.29 is 14.7 Å². The Morgan fingerprint density at radius 1 is 1.20 bits per heavy atom. The van der Waals surface area contributed by atoms with Crippen molar-refractivity contribution in [2.45, 2.75) is 66.3 Å². The quantitative estimate of drug-likeness (QED) is 0.707. The third-order valence-electron chi connectivity index (χ3n) is 2.78. The lowest BCUT2D eigenvalue weighted by Gasteiger charge is -2.24. The molecular weight excluding hydrogens is 254 g/mol. The fraction of sp³-hybridized carbons (Fsp3) is 0.750. The Kier molecular flexibility index (Phi) is 12.3. The van der Waals surface area contributed by atoms with Gasteiger partial charge in [-0.2, -0.15) is 0 Å². The van der Waals surface area contributed by atoms with Gasteiger partial charge in [-0.3, -0.25) is 9.59 Å². The highest BCUT2D eigenvalue weighted by molar-refractivity contribution is 5.97. The van der Waals surface area contributed by atoms with E-state index in [1.807, 2.05) is 13.8 Å². The number of allylic oxidation sites excluding steroid dienone is 1. The number of nitrogens with one attached hydrogen (secondary N) is 1. The molecule has 4 heteroatoms. The van der Waals surface area contributed by atoms with E-state index in [-0.39, 0.29) is 18.3 Å². The maximum absolute atomic E-state index is 11.3. The largest absolute Gasteiger partial charge is 0.396 e. The third-order valence-corrected chi connectivity index (χ3v) is 2.78. The van der Waals surface area contributed by atoms with Gasteiger partial charge in [0, 0.05) is 24.6 Å². The fourth-order valence-electron chi connectivity index (χ4n) is 1.00. The lowest BCUT2D eigenvalue weighted by Crippen LogP contribution is -2.43. The van der Waals surface area contributed by atoms with Crippen LogP contribution in [-0.2, 0) is 9.59 Å². The van der Waals surface area contributed by atoms with Crippen LogP contribution in [0.4, 0.5) is 0 Å². The Labute approximate surface area is 123 Å². The van der Waals surface area contributed by atoms with Gasteiger partial charge in [0.1, 0.15) is 0 Å². The molecule has 0 saturated heterocycles. The van der Waals surface area contributed by atoms with Crippen LogP contribution in [0.5, 0.6) is 0 Å². The average Bonchev–Trinajstić information content (AvgIpc) is 2.35. The maximum Gasteiger partial charge on any atom is 0.244 e. The molecule has 118 valence electrons. The normalized spacial score (nSPS) is 11.2. The number of ketones is 1. The summed E-state index contributed by atoms with van der Waals surface area (Å²) in [5, 5.41) is 11.4. The van der Waals surface area contributed by atoms with Crippen molar-refractivity contribution >= 4 is 11.7 Å². The van der Waals surface area contributed by atoms with Gasteiger partial charge in [0.05, 0.1) is 0 Å². The van der Waals surface area contributed by atoms with Crippen LogP contribution in [0.1, 0.15) is 60.8 Å². The summed E-state index contributed by atoms with van der Waals surface area (Å²) < 4.78 is 0. The number of rotatable bonds is 7. The zero-order valence-corrected chi connectivity index (χ0v) is 13.8. The van der Waals surface area contributed by atoms with E-state index in [0.29, 0.717) is 12.8 Å². The molecule has 1 amide bonds. The van der Waals surface area contributed by atoms with Gasteiger partial charge in [-0.05, 0) is 32.3 Å². The Bertz CT molecular complexity index is 307. The minimum absolute atomic E-state index is 0.0187. The third kappa shape index (κ3) is 14.9. The Balaban J connectivity index is 0. The van der Waals surface area contributed by atoms with Gasteiger partial charge in [-0.15, -0.1) is 0 Å². The van der Waals surface area contributed by atoms with Crippen molar-refractivity contribution in [3.63, 3.8) is 0 Å². The second-order valence-corrected chi connectivity index (χ2v) is 5.80. The van der Waals surface area contributed by atoms with Crippen LogP contribution in [0.2, 0.25) is 0 Å². The van der Waals surface area contributed by atoms with Crippen molar-refractivity contribution in [3.8, 4) is 0 Å². The van der Waals surface area contributed by atoms with E-state index in [4.69, 9.17) is 5.11 Å². The van der Waals surface area contributed by atoms with E-state index in [2.05, 4.69) is 26.1 Å². The molecule has 0 fully saturated rings. The molecule has 20 heavy (non-hydrogen) atoms. The first-order valence-corrected chi connectivity index (χ1v) is 7.32. The van der Waals surface area contributed by atoms with Crippen LogP contribution in [0, 0.1) is 5.92 Å². The van der Waals surface area contributed by atoms with Crippen LogP contribution >= 0.6 is 0 Å². The summed E-state index contributed by atoms with van der Waals surface area (Å²) in [6, 6.07) is 0. The topological polar surface area (TPSA) is 66.4 Å². The van der Waals surface area contributed by atoms with Gasteiger partial charge >= 0.3 is 0 Å². The second-order valence-electron chi connectivity index (χ2n) is 5.80. The minimum Gasteiger partial charge on any atom is -0.396 e. The summed E-state index contributed by atoms with van der Waals surface area (Å²) in [5.74, 6) is 0.496. The van der Waals surface area contributed by atoms with Gasteiger partial charge in [0.25, 0.3) is 0 Å². The van der Waals surface area contributed by atoms with Crippen molar-refractivity contribution in [2.75, 3.05) is 6.61 Å². The Hall–Kier alpha value is -1.16. The molecule has 0 aromatic rings. The second kappa shape index (κ2) is 11.6. The highest BCUT2D eigenvalue weighted by Gasteiger charge is 2.18. The lowest BCUT2D eigenvalue weighted by molar-refractivity contribution is -0.119. The predicted molar refractivity (Wildman–Crippen MR) is 83.5 cm³/mol. The van der Waals surface area contributed by atoms with E-state index < -0.39 is 5.54 Å². The molecule has 4 nitrogen and oxygen atoms in total. The summed E-state index contributed by atoms with van der Waals surface area (Å²) >= 11 is 0. The summed E-state index contributed by atoms with van der Waals surface area (Å²) in [7, 11) is 0. The summed E-state index contributed by atoms with van der Waals surface area (Å²) in [6.45, 7) is 12.0. The van der Waals surface area contributed by atoms with Gasteiger partial charge in [-0.25, -0.2) is 0 Å². The van der Waals surface area contributed by atoms with Gasteiger partial charge in [0.2, 0.25) is 5.91 Å². The number of carbonyl (C=O) groups is 2. The number of hydrogen-bond donors (Lipinski definition) is 2. The molecule has 0 rings (SSSR count). The van der Waals surface area contributed by atoms with E-state index in [1.165, 1.54) is 18.6 Å². The van der Waals surface area contributed by atoms with E-state index in [1.54, 1.807) is 6.92 Å². The first-order chi connectivity index (χ1) is 9.18. The molecule has 0 saturated carbocycles. The van der Waals surface area contributed by atoms with Crippen molar-refractivity contribution in [2.24, 2.45) is 5.92 Å². The van der Waals surface area contributed by atoms with E-state index in [9.17, 15) is 9.59 Å². The molecule has 0 aliphatic heterocycles. The first-order valence-electron chi connectivity index (χ1n) is 7.32. The van der Waals surface area contributed by atoms with Gasteiger partial charge < -0.3 is 10.4 Å². The van der Waals surface area contributed by atoms with Gasteiger partial charge in [-0.1, -0.05) is 34.1 Å². The number of hydrogen-bond acceptors (Lipinski definition) is 3. The molecular formula is C16H31NO3. The van der Waals surface area contributed by atoms with Gasteiger partial charge in [0.15, 0.2) is 5.78 Å². The molecule has 0 bridgehead atoms. The number of amides is 1. The average molecular weight is 285 g/mol. The molecule has 0 aliphatic carbocycles. The highest BCUT2D eigenvalue weighted by Crippen LogP contribution is 2.06. The minimum atomic E-state index is -0.453. The zero-order chi connectivity index (χ0) is 16.2. The summed E-state index contributed by atoms with van der Waals surface area (Å²) in [5.41, 5.74) is -0.453. The molecule has 0 aromatic carbocycles. The molecule has 0 atom stereocenters. The van der Waals surface area contributed by atoms with Crippen LogP contribution in [-0.4, -0.2) is 28.9 Å². The fourth-order valence-corrected chi connectivity index (χ4v) is 1.00. The summed E-state index contributed by atoms with van der Waals surface area (Å²) in [6.07, 6.45) is 4.67. The summed E-state index contributed by atoms with van der Waals surface area (Å²) in [4.78, 5) is 22.2. The zero-order valence-electron chi connectivity index (χ0n) is 13.8. The predicted octanol–water partition coefficient (Wildman–Crippen LogP) is 2.85. The molecule has 0 radical (unpaired) electrons. The standard InChI is InChI=1S/C11H19NO3.C5H12/c1-4-9(14)5-6-10(15)12-11(2,3)7-8-13;1-4-5(2)3/h5-6,13H,4,7-8H2,1-3H3,(H,12,15);5H,4H2,1-3H3/b6-5-;. The maximum atomic E-state index is 11.3. The van der Waals surface area contributed by atoms with Crippen molar-refractivity contribution in [3.05, 3.63) is 12.2 Å². The Morgan fingerprint density at radius 3 is 2.05 bits per heavy atom. The smallest absolute Gasteiger partial charge is 0.244 e. The van der Waals surface area contributed by atoms with Crippen molar-refractivity contribution in [1.82, 2.24) is 5.32 Å². The Morgan fingerprint density at radius 2 is 1.70 bits per heavy atom. The monoisotopic (exact) mass is 285 g/mol. The molecule has 0 heterocycles. The number of carbonyl (C=O) groups excluding carboxylic acids is 2. The van der Waals surface area contributed by atoms with E-state index in [0.717, 1.165) is 5.92 Å². The first kappa shape index (κ1) is 21.1. The highest BCUT2D eigenvalue weighted by atomic mass is 16.3. The number of aliphatic hydroxyl groups excluding tert-OH is 1. The van der Waals surface area contributed by atoms with Crippen LogP contribution in [0.25, 0.3) is 0 Å². The van der Waals surface area contributed by atoms with Crippen LogP contribution in [0.15, 0.2) is 12.2 Å². The van der Waals surface area contributed by atoms with Crippen LogP contribution < -0.4 is 5.32 Å². The molecule has 0 aromatic heterocycles. The van der Waals surface area contributed by atoms with E-state index >= 15 is 0 Å². The SMILES string of the molecule is CCC(=O)/C=C\C(=O)NC(C)(C)CCO.CCC(C)C. The molecule has 0 unspecified atom stereocenters. The molecule has 0 aliphatic rings.